The van der Waals surface area contributed by atoms with Crippen LogP contribution in [0.15, 0.2) is 29.2 Å². The van der Waals surface area contributed by atoms with Crippen molar-refractivity contribution in [1.29, 1.82) is 0 Å². The van der Waals surface area contributed by atoms with Gasteiger partial charge in [-0.15, -0.1) is 11.8 Å². The van der Waals surface area contributed by atoms with Crippen molar-refractivity contribution >= 4 is 23.6 Å². The number of aliphatic carboxylic acids is 1. The predicted molar refractivity (Wildman–Crippen MR) is 79.1 cm³/mol. The number of carbonyl (C=O) groups excluding carboxylic acids is 1. The van der Waals surface area contributed by atoms with Gasteiger partial charge in [0.05, 0.1) is 0 Å². The largest absolute Gasteiger partial charge is 0.480 e. The molecule has 1 atom stereocenters. The zero-order valence-electron chi connectivity index (χ0n) is 11.7. The number of benzene rings is 1. The Kier molecular flexibility index (Phi) is 4.70. The van der Waals surface area contributed by atoms with Crippen LogP contribution in [0.2, 0.25) is 0 Å². The number of rotatable bonds is 4. The van der Waals surface area contributed by atoms with Crippen LogP contribution in [0.25, 0.3) is 0 Å². The number of carbonyl (C=O) groups is 2. The average molecular weight is 293 g/mol. The molecule has 1 fully saturated rings. The molecular formula is C15H19NO3S. The highest BCUT2D eigenvalue weighted by Crippen LogP contribution is 2.25. The van der Waals surface area contributed by atoms with Crippen molar-refractivity contribution < 1.29 is 14.7 Å². The molecule has 0 bridgehead atoms. The molecule has 108 valence electrons. The van der Waals surface area contributed by atoms with Gasteiger partial charge >= 0.3 is 5.97 Å². The molecule has 0 aromatic heterocycles. The number of carboxylic acid groups (broad SMARTS) is 1. The van der Waals surface area contributed by atoms with E-state index >= 15 is 0 Å². The summed E-state index contributed by atoms with van der Waals surface area (Å²) in [6.45, 7) is 4.76. The van der Waals surface area contributed by atoms with E-state index in [9.17, 15) is 9.59 Å². The number of hydrogen-bond donors (Lipinski definition) is 1. The maximum atomic E-state index is 12.4. The van der Waals surface area contributed by atoms with E-state index in [4.69, 9.17) is 5.11 Å². The molecule has 0 aliphatic carbocycles. The van der Waals surface area contributed by atoms with Crippen LogP contribution in [0, 0.1) is 0 Å². The second-order valence-corrected chi connectivity index (χ2v) is 6.84. The summed E-state index contributed by atoms with van der Waals surface area (Å²) in [4.78, 5) is 26.1. The van der Waals surface area contributed by atoms with Gasteiger partial charge in [0, 0.05) is 22.3 Å². The van der Waals surface area contributed by atoms with Crippen molar-refractivity contribution in [1.82, 2.24) is 4.90 Å². The summed E-state index contributed by atoms with van der Waals surface area (Å²) in [5, 5.41) is 9.62. The van der Waals surface area contributed by atoms with Gasteiger partial charge in [-0.2, -0.15) is 0 Å². The van der Waals surface area contributed by atoms with Crippen LogP contribution < -0.4 is 0 Å². The zero-order chi connectivity index (χ0) is 14.7. The normalized spacial score (nSPS) is 18.6. The van der Waals surface area contributed by atoms with Crippen molar-refractivity contribution in [3.8, 4) is 0 Å². The Labute approximate surface area is 123 Å². The van der Waals surface area contributed by atoms with Crippen molar-refractivity contribution in [2.75, 3.05) is 6.54 Å². The molecule has 5 heteroatoms. The SMILES string of the molecule is CC(C)Sc1ccc(C(=O)N2CCCC2C(=O)O)cc1. The summed E-state index contributed by atoms with van der Waals surface area (Å²) in [7, 11) is 0. The van der Waals surface area contributed by atoms with Gasteiger partial charge in [0.25, 0.3) is 5.91 Å². The number of hydrogen-bond acceptors (Lipinski definition) is 3. The topological polar surface area (TPSA) is 57.6 Å². The van der Waals surface area contributed by atoms with Gasteiger partial charge in [-0.05, 0) is 37.1 Å². The third-order valence-corrected chi connectivity index (χ3v) is 4.29. The molecule has 0 spiro atoms. The highest BCUT2D eigenvalue weighted by molar-refractivity contribution is 7.99. The molecule has 1 aromatic rings. The number of amides is 1. The number of nitrogens with zero attached hydrogens (tertiary/aromatic N) is 1. The summed E-state index contributed by atoms with van der Waals surface area (Å²) in [6, 6.07) is 6.73. The van der Waals surface area contributed by atoms with Gasteiger partial charge < -0.3 is 10.0 Å². The van der Waals surface area contributed by atoms with Crippen LogP contribution >= 0.6 is 11.8 Å². The van der Waals surface area contributed by atoms with Gasteiger partial charge in [0.1, 0.15) is 6.04 Å². The first-order chi connectivity index (χ1) is 9.49. The van der Waals surface area contributed by atoms with Gasteiger partial charge in [-0.25, -0.2) is 4.79 Å². The molecule has 1 N–H and O–H groups in total. The van der Waals surface area contributed by atoms with E-state index in [0.29, 0.717) is 23.8 Å². The summed E-state index contributed by atoms with van der Waals surface area (Å²) >= 11 is 1.74. The van der Waals surface area contributed by atoms with E-state index in [1.54, 1.807) is 23.9 Å². The van der Waals surface area contributed by atoms with Gasteiger partial charge in [-0.1, -0.05) is 13.8 Å². The van der Waals surface area contributed by atoms with Crippen molar-refractivity contribution in [2.45, 2.75) is 42.9 Å². The first kappa shape index (κ1) is 14.9. The van der Waals surface area contributed by atoms with Crippen LogP contribution in [0.4, 0.5) is 0 Å². The lowest BCUT2D eigenvalue weighted by molar-refractivity contribution is -0.141. The predicted octanol–water partition coefficient (Wildman–Crippen LogP) is 2.88. The molecule has 0 saturated carbocycles. The molecule has 1 saturated heterocycles. The lowest BCUT2D eigenvalue weighted by Crippen LogP contribution is -2.40. The van der Waals surface area contributed by atoms with Crippen LogP contribution in [-0.2, 0) is 4.79 Å². The third kappa shape index (κ3) is 3.33. The molecule has 1 heterocycles. The molecule has 4 nitrogen and oxygen atoms in total. The number of carboxylic acids is 1. The smallest absolute Gasteiger partial charge is 0.326 e. The Hall–Kier alpha value is -1.49. The van der Waals surface area contributed by atoms with Crippen molar-refractivity contribution in [3.05, 3.63) is 29.8 Å². The third-order valence-electron chi connectivity index (χ3n) is 3.27. The van der Waals surface area contributed by atoms with Gasteiger partial charge in [0.2, 0.25) is 0 Å². The monoisotopic (exact) mass is 293 g/mol. The fourth-order valence-electron chi connectivity index (χ4n) is 2.38. The van der Waals surface area contributed by atoms with Crippen LogP contribution in [0.5, 0.6) is 0 Å². The minimum atomic E-state index is -0.914. The fraction of sp³-hybridized carbons (Fsp3) is 0.467. The lowest BCUT2D eigenvalue weighted by atomic mass is 10.1. The molecule has 1 aliphatic heterocycles. The van der Waals surface area contributed by atoms with Gasteiger partial charge in [0.15, 0.2) is 0 Å². The Morgan fingerprint density at radius 1 is 1.30 bits per heavy atom. The molecule has 2 rings (SSSR count). The molecule has 1 unspecified atom stereocenters. The van der Waals surface area contributed by atoms with E-state index in [2.05, 4.69) is 13.8 Å². The fourth-order valence-corrected chi connectivity index (χ4v) is 3.22. The van der Waals surface area contributed by atoms with E-state index < -0.39 is 12.0 Å². The van der Waals surface area contributed by atoms with Crippen LogP contribution in [-0.4, -0.2) is 39.7 Å². The highest BCUT2D eigenvalue weighted by atomic mass is 32.2. The standard InChI is InChI=1S/C15H19NO3S/c1-10(2)20-12-7-5-11(6-8-12)14(17)16-9-3-4-13(16)15(18)19/h5-8,10,13H,3-4,9H2,1-2H3,(H,18,19). The van der Waals surface area contributed by atoms with Crippen molar-refractivity contribution in [3.63, 3.8) is 0 Å². The van der Waals surface area contributed by atoms with E-state index in [0.717, 1.165) is 11.3 Å². The summed E-state index contributed by atoms with van der Waals surface area (Å²) in [5.74, 6) is -1.10. The molecule has 20 heavy (non-hydrogen) atoms. The Bertz CT molecular complexity index is 498. The minimum Gasteiger partial charge on any atom is -0.480 e. The quantitative estimate of drug-likeness (QED) is 0.867. The van der Waals surface area contributed by atoms with Gasteiger partial charge in [-0.3, -0.25) is 4.79 Å². The first-order valence-electron chi connectivity index (χ1n) is 6.79. The zero-order valence-corrected chi connectivity index (χ0v) is 12.5. The molecular weight excluding hydrogens is 274 g/mol. The molecule has 0 radical (unpaired) electrons. The molecule has 1 aromatic carbocycles. The lowest BCUT2D eigenvalue weighted by Gasteiger charge is -2.21. The summed E-state index contributed by atoms with van der Waals surface area (Å²) in [6.07, 6.45) is 1.30. The van der Waals surface area contributed by atoms with E-state index in [1.807, 2.05) is 12.1 Å². The second kappa shape index (κ2) is 6.31. The Balaban J connectivity index is 2.11. The van der Waals surface area contributed by atoms with Crippen LogP contribution in [0.1, 0.15) is 37.0 Å². The maximum Gasteiger partial charge on any atom is 0.326 e. The molecule has 1 aliphatic rings. The Morgan fingerprint density at radius 3 is 2.50 bits per heavy atom. The maximum absolute atomic E-state index is 12.4. The van der Waals surface area contributed by atoms with E-state index in [1.165, 1.54) is 4.90 Å². The molecule has 1 amide bonds. The average Bonchev–Trinajstić information content (AvgIpc) is 2.87. The van der Waals surface area contributed by atoms with Crippen LogP contribution in [0.3, 0.4) is 0 Å². The summed E-state index contributed by atoms with van der Waals surface area (Å²) < 4.78 is 0. The Morgan fingerprint density at radius 2 is 1.95 bits per heavy atom. The number of thioether (sulfide) groups is 1. The highest BCUT2D eigenvalue weighted by Gasteiger charge is 2.34. The summed E-state index contributed by atoms with van der Waals surface area (Å²) in [5.41, 5.74) is 0.561. The van der Waals surface area contributed by atoms with Crippen molar-refractivity contribution in [2.24, 2.45) is 0 Å². The minimum absolute atomic E-state index is 0.184. The first-order valence-corrected chi connectivity index (χ1v) is 7.67. The second-order valence-electron chi connectivity index (χ2n) is 5.19. The van der Waals surface area contributed by atoms with E-state index in [-0.39, 0.29) is 5.91 Å². The number of likely N-dealkylation sites (tertiary alicyclic amines) is 1.